The summed E-state index contributed by atoms with van der Waals surface area (Å²) in [6.07, 6.45) is -2.16. The van der Waals surface area contributed by atoms with E-state index in [0.717, 1.165) is 23.3 Å². The van der Waals surface area contributed by atoms with E-state index in [1.165, 1.54) is 12.3 Å². The molecule has 0 saturated carbocycles. The van der Waals surface area contributed by atoms with Crippen LogP contribution in [0.5, 0.6) is 11.6 Å². The van der Waals surface area contributed by atoms with Crippen molar-refractivity contribution in [2.24, 2.45) is 4.99 Å². The van der Waals surface area contributed by atoms with Gasteiger partial charge in [0.15, 0.2) is 12.6 Å². The number of benzene rings is 1. The topological polar surface area (TPSA) is 67.8 Å². The number of para-hydroxylation sites is 1. The molecule has 2 aromatic rings. The molecule has 2 N–H and O–H groups in total. The maximum atomic E-state index is 12.1. The standard InChI is InChI=1S/C19H23F3N4O2/c1-23-18(24-10-9-15-5-3-4-6-16(15)27-2)26-12-14-7-8-17(25-11-14)28-13-19(20,21)22/h3-8,11H,9-10,12-13H2,1-2H3,(H2,23,24,26). The average molecular weight is 396 g/mol. The van der Waals surface area contributed by atoms with Crippen molar-refractivity contribution in [3.8, 4) is 11.6 Å². The molecule has 9 heteroatoms. The first kappa shape index (κ1) is 21.3. The monoisotopic (exact) mass is 396 g/mol. The largest absolute Gasteiger partial charge is 0.496 e. The van der Waals surface area contributed by atoms with Crippen molar-refractivity contribution in [3.05, 3.63) is 53.7 Å². The highest BCUT2D eigenvalue weighted by Crippen LogP contribution is 2.18. The Balaban J connectivity index is 1.77. The maximum Gasteiger partial charge on any atom is 0.422 e. The van der Waals surface area contributed by atoms with Gasteiger partial charge in [0, 0.05) is 32.4 Å². The van der Waals surface area contributed by atoms with E-state index in [-0.39, 0.29) is 5.88 Å². The first-order chi connectivity index (χ1) is 13.4. The molecular weight excluding hydrogens is 373 g/mol. The summed E-state index contributed by atoms with van der Waals surface area (Å²) >= 11 is 0. The number of rotatable bonds is 8. The van der Waals surface area contributed by atoms with Gasteiger partial charge in [0.05, 0.1) is 7.11 Å². The van der Waals surface area contributed by atoms with Gasteiger partial charge >= 0.3 is 6.18 Å². The van der Waals surface area contributed by atoms with E-state index in [0.29, 0.717) is 19.0 Å². The molecule has 6 nitrogen and oxygen atoms in total. The molecule has 1 heterocycles. The molecule has 0 bridgehead atoms. The van der Waals surface area contributed by atoms with E-state index in [1.807, 2.05) is 24.3 Å². The quantitative estimate of drug-likeness (QED) is 0.531. The highest BCUT2D eigenvalue weighted by atomic mass is 19.4. The fraction of sp³-hybridized carbons (Fsp3) is 0.368. The molecule has 0 aliphatic carbocycles. The second kappa shape index (κ2) is 10.4. The molecule has 1 aromatic heterocycles. The molecule has 28 heavy (non-hydrogen) atoms. The number of alkyl halides is 3. The predicted octanol–water partition coefficient (Wildman–Crippen LogP) is 2.94. The normalized spacial score (nSPS) is 11.8. The minimum Gasteiger partial charge on any atom is -0.496 e. The zero-order valence-corrected chi connectivity index (χ0v) is 15.7. The second-order valence-corrected chi connectivity index (χ2v) is 5.82. The third-order valence-electron chi connectivity index (χ3n) is 3.74. The fourth-order valence-corrected chi connectivity index (χ4v) is 2.39. The number of aliphatic imine (C=N–C) groups is 1. The van der Waals surface area contributed by atoms with Crippen LogP contribution in [0.2, 0.25) is 0 Å². The van der Waals surface area contributed by atoms with Crippen LogP contribution in [-0.4, -0.2) is 44.4 Å². The second-order valence-electron chi connectivity index (χ2n) is 5.82. The highest BCUT2D eigenvalue weighted by molar-refractivity contribution is 5.79. The number of aromatic nitrogens is 1. The molecule has 2 rings (SSSR count). The molecule has 0 aliphatic heterocycles. The van der Waals surface area contributed by atoms with Crippen LogP contribution in [-0.2, 0) is 13.0 Å². The summed E-state index contributed by atoms with van der Waals surface area (Å²) in [4.78, 5) is 8.01. The molecule has 0 unspecified atom stereocenters. The number of nitrogens with one attached hydrogen (secondary N) is 2. The van der Waals surface area contributed by atoms with Gasteiger partial charge < -0.3 is 20.1 Å². The number of ether oxygens (including phenoxy) is 2. The van der Waals surface area contributed by atoms with E-state index >= 15 is 0 Å². The molecule has 0 spiro atoms. The SMILES string of the molecule is CN=C(NCCc1ccccc1OC)NCc1ccc(OCC(F)(F)F)nc1. The van der Waals surface area contributed by atoms with Crippen molar-refractivity contribution in [2.75, 3.05) is 27.3 Å². The minimum atomic E-state index is -4.39. The van der Waals surface area contributed by atoms with Crippen LogP contribution in [0.15, 0.2) is 47.6 Å². The van der Waals surface area contributed by atoms with Crippen molar-refractivity contribution in [2.45, 2.75) is 19.1 Å². The Bertz CT molecular complexity index is 765. The molecule has 152 valence electrons. The minimum absolute atomic E-state index is 0.0691. The summed E-state index contributed by atoms with van der Waals surface area (Å²) in [5.41, 5.74) is 1.87. The van der Waals surface area contributed by atoms with Crippen molar-refractivity contribution in [1.29, 1.82) is 0 Å². The highest BCUT2D eigenvalue weighted by Gasteiger charge is 2.28. The Morgan fingerprint density at radius 1 is 1.14 bits per heavy atom. The summed E-state index contributed by atoms with van der Waals surface area (Å²) in [6.45, 7) is -0.288. The lowest BCUT2D eigenvalue weighted by Gasteiger charge is -2.13. The van der Waals surface area contributed by atoms with Gasteiger partial charge in [0.2, 0.25) is 5.88 Å². The van der Waals surface area contributed by atoms with Gasteiger partial charge in [-0.3, -0.25) is 4.99 Å². The number of guanidine groups is 1. The Morgan fingerprint density at radius 3 is 2.57 bits per heavy atom. The van der Waals surface area contributed by atoms with E-state index in [9.17, 15) is 13.2 Å². The van der Waals surface area contributed by atoms with Gasteiger partial charge in [-0.15, -0.1) is 0 Å². The lowest BCUT2D eigenvalue weighted by atomic mass is 10.1. The summed E-state index contributed by atoms with van der Waals surface area (Å²) in [6, 6.07) is 10.8. The van der Waals surface area contributed by atoms with Crippen molar-refractivity contribution in [1.82, 2.24) is 15.6 Å². The molecule has 1 aromatic carbocycles. The summed E-state index contributed by atoms with van der Waals surface area (Å²) in [7, 11) is 3.30. The maximum absolute atomic E-state index is 12.1. The zero-order valence-electron chi connectivity index (χ0n) is 15.7. The summed E-state index contributed by atoms with van der Waals surface area (Å²) in [5, 5.41) is 6.32. The predicted molar refractivity (Wildman–Crippen MR) is 101 cm³/mol. The third kappa shape index (κ3) is 7.34. The van der Waals surface area contributed by atoms with Crippen LogP contribution < -0.4 is 20.1 Å². The van der Waals surface area contributed by atoms with Crippen molar-refractivity contribution >= 4 is 5.96 Å². The summed E-state index contributed by atoms with van der Waals surface area (Å²) < 4.78 is 46.3. The van der Waals surface area contributed by atoms with Crippen LogP contribution >= 0.6 is 0 Å². The number of methoxy groups -OCH3 is 1. The molecule has 0 fully saturated rings. The van der Waals surface area contributed by atoms with Crippen LogP contribution in [0.25, 0.3) is 0 Å². The lowest BCUT2D eigenvalue weighted by molar-refractivity contribution is -0.154. The third-order valence-corrected chi connectivity index (χ3v) is 3.74. The summed E-state index contributed by atoms with van der Waals surface area (Å²) in [5.74, 6) is 1.37. The Labute approximate surface area is 161 Å². The first-order valence-corrected chi connectivity index (χ1v) is 8.62. The lowest BCUT2D eigenvalue weighted by Crippen LogP contribution is -2.37. The molecule has 0 amide bonds. The number of hydrogen-bond acceptors (Lipinski definition) is 4. The average Bonchev–Trinajstić information content (AvgIpc) is 2.69. The van der Waals surface area contributed by atoms with Gasteiger partial charge in [-0.05, 0) is 23.6 Å². The Morgan fingerprint density at radius 2 is 1.93 bits per heavy atom. The number of hydrogen-bond donors (Lipinski definition) is 2. The zero-order chi connectivity index (χ0) is 20.4. The molecule has 0 radical (unpaired) electrons. The molecular formula is C19H23F3N4O2. The van der Waals surface area contributed by atoms with Gasteiger partial charge in [-0.1, -0.05) is 24.3 Å². The molecule has 0 atom stereocenters. The van der Waals surface area contributed by atoms with Crippen LogP contribution in [0.3, 0.4) is 0 Å². The van der Waals surface area contributed by atoms with E-state index < -0.39 is 12.8 Å². The smallest absolute Gasteiger partial charge is 0.422 e. The van der Waals surface area contributed by atoms with Gasteiger partial charge in [0.25, 0.3) is 0 Å². The van der Waals surface area contributed by atoms with Crippen molar-refractivity contribution < 1.29 is 22.6 Å². The van der Waals surface area contributed by atoms with E-state index in [2.05, 4.69) is 25.3 Å². The fourth-order valence-electron chi connectivity index (χ4n) is 2.39. The molecule has 0 saturated heterocycles. The van der Waals surface area contributed by atoms with Crippen LogP contribution in [0.4, 0.5) is 13.2 Å². The van der Waals surface area contributed by atoms with Crippen molar-refractivity contribution in [3.63, 3.8) is 0 Å². The van der Waals surface area contributed by atoms with Crippen LogP contribution in [0, 0.1) is 0 Å². The van der Waals surface area contributed by atoms with Gasteiger partial charge in [-0.2, -0.15) is 13.2 Å². The number of nitrogens with zero attached hydrogens (tertiary/aromatic N) is 2. The van der Waals surface area contributed by atoms with Gasteiger partial charge in [-0.25, -0.2) is 4.98 Å². The Kier molecular flexibility index (Phi) is 7.91. The van der Waals surface area contributed by atoms with Crippen LogP contribution in [0.1, 0.15) is 11.1 Å². The number of halogens is 3. The van der Waals surface area contributed by atoms with Gasteiger partial charge in [0.1, 0.15) is 5.75 Å². The van der Waals surface area contributed by atoms with E-state index in [1.54, 1.807) is 20.2 Å². The van der Waals surface area contributed by atoms with E-state index in [4.69, 9.17) is 4.74 Å². The Hall–Kier alpha value is -2.97. The number of pyridine rings is 1. The first-order valence-electron chi connectivity index (χ1n) is 8.62. The molecule has 0 aliphatic rings.